The number of carboxylic acid groups (broad SMARTS) is 1. The molecule has 0 fully saturated rings. The van der Waals surface area contributed by atoms with Crippen molar-refractivity contribution in [2.75, 3.05) is 0 Å². The van der Waals surface area contributed by atoms with Crippen LogP contribution in [0.25, 0.3) is 0 Å². The maximum absolute atomic E-state index is 10.8. The summed E-state index contributed by atoms with van der Waals surface area (Å²) in [6.07, 6.45) is 2.82. The molecule has 0 aliphatic carbocycles. The standard InChI is InChI=1S/C10H12BrNO2/c1-2-7(10(13)14)5-9-4-3-8(11)6-12-9/h3-4,6-7H,2,5H2,1H3,(H,13,14). The molecule has 0 aliphatic rings. The number of aromatic nitrogens is 1. The minimum atomic E-state index is -0.753. The van der Waals surface area contributed by atoms with E-state index in [0.29, 0.717) is 12.8 Å². The lowest BCUT2D eigenvalue weighted by atomic mass is 10.0. The van der Waals surface area contributed by atoms with Crippen LogP contribution in [0.1, 0.15) is 19.0 Å². The zero-order chi connectivity index (χ0) is 10.6. The molecule has 1 heterocycles. The Morgan fingerprint density at radius 2 is 2.36 bits per heavy atom. The first-order valence-electron chi connectivity index (χ1n) is 4.46. The van der Waals surface area contributed by atoms with E-state index in [1.807, 2.05) is 19.1 Å². The largest absolute Gasteiger partial charge is 0.481 e. The highest BCUT2D eigenvalue weighted by atomic mass is 79.9. The highest BCUT2D eigenvalue weighted by molar-refractivity contribution is 9.10. The summed E-state index contributed by atoms with van der Waals surface area (Å²) < 4.78 is 0.907. The van der Waals surface area contributed by atoms with Gasteiger partial charge in [0, 0.05) is 22.8 Å². The Hall–Kier alpha value is -0.900. The Kier molecular flexibility index (Phi) is 4.07. The summed E-state index contributed by atoms with van der Waals surface area (Å²) in [6, 6.07) is 3.71. The molecule has 0 radical (unpaired) electrons. The number of carbonyl (C=O) groups is 1. The van der Waals surface area contributed by atoms with E-state index in [1.165, 1.54) is 0 Å². The number of hydrogen-bond acceptors (Lipinski definition) is 2. The predicted octanol–water partition coefficient (Wildman–Crippen LogP) is 2.50. The Bertz CT molecular complexity index is 310. The molecule has 76 valence electrons. The Balaban J connectivity index is 2.67. The van der Waals surface area contributed by atoms with Gasteiger partial charge in [0.15, 0.2) is 0 Å². The van der Waals surface area contributed by atoms with E-state index in [2.05, 4.69) is 20.9 Å². The van der Waals surface area contributed by atoms with Crippen LogP contribution in [-0.4, -0.2) is 16.1 Å². The third-order valence-corrected chi connectivity index (χ3v) is 2.56. The van der Waals surface area contributed by atoms with Crippen molar-refractivity contribution < 1.29 is 9.90 Å². The van der Waals surface area contributed by atoms with Crippen molar-refractivity contribution in [1.29, 1.82) is 0 Å². The van der Waals surface area contributed by atoms with Gasteiger partial charge in [-0.25, -0.2) is 0 Å². The first kappa shape index (κ1) is 11.2. The third-order valence-electron chi connectivity index (χ3n) is 2.09. The molecule has 0 bridgehead atoms. The van der Waals surface area contributed by atoms with E-state index in [1.54, 1.807) is 6.20 Å². The molecule has 0 amide bonds. The van der Waals surface area contributed by atoms with E-state index in [0.717, 1.165) is 10.2 Å². The molecule has 0 saturated carbocycles. The number of nitrogens with zero attached hydrogens (tertiary/aromatic N) is 1. The van der Waals surface area contributed by atoms with Crippen LogP contribution in [0.5, 0.6) is 0 Å². The van der Waals surface area contributed by atoms with Gasteiger partial charge in [0.25, 0.3) is 0 Å². The summed E-state index contributed by atoms with van der Waals surface area (Å²) in [4.78, 5) is 14.9. The summed E-state index contributed by atoms with van der Waals surface area (Å²) in [6.45, 7) is 1.87. The van der Waals surface area contributed by atoms with E-state index in [9.17, 15) is 4.79 Å². The molecule has 1 atom stereocenters. The molecule has 1 N–H and O–H groups in total. The zero-order valence-electron chi connectivity index (χ0n) is 7.90. The Morgan fingerprint density at radius 1 is 1.64 bits per heavy atom. The minimum Gasteiger partial charge on any atom is -0.481 e. The number of hydrogen-bond donors (Lipinski definition) is 1. The summed E-state index contributed by atoms with van der Waals surface area (Å²) in [7, 11) is 0. The van der Waals surface area contributed by atoms with Gasteiger partial charge in [-0.05, 0) is 34.5 Å². The number of carboxylic acids is 1. The average molecular weight is 258 g/mol. The van der Waals surface area contributed by atoms with Crippen LogP contribution in [-0.2, 0) is 11.2 Å². The van der Waals surface area contributed by atoms with Crippen molar-refractivity contribution in [2.45, 2.75) is 19.8 Å². The van der Waals surface area contributed by atoms with Crippen LogP contribution < -0.4 is 0 Å². The highest BCUT2D eigenvalue weighted by Crippen LogP contribution is 2.13. The fraction of sp³-hybridized carbons (Fsp3) is 0.400. The molecular formula is C10H12BrNO2. The van der Waals surface area contributed by atoms with Gasteiger partial charge in [-0.15, -0.1) is 0 Å². The van der Waals surface area contributed by atoms with Crippen molar-refractivity contribution in [3.05, 3.63) is 28.5 Å². The van der Waals surface area contributed by atoms with Crippen molar-refractivity contribution in [3.8, 4) is 0 Å². The second-order valence-corrected chi connectivity index (χ2v) is 4.03. The van der Waals surface area contributed by atoms with Gasteiger partial charge in [0.2, 0.25) is 0 Å². The number of halogens is 1. The number of aliphatic carboxylic acids is 1. The van der Waals surface area contributed by atoms with Crippen LogP contribution >= 0.6 is 15.9 Å². The van der Waals surface area contributed by atoms with Gasteiger partial charge >= 0.3 is 5.97 Å². The van der Waals surface area contributed by atoms with Gasteiger partial charge in [0.05, 0.1) is 5.92 Å². The molecule has 0 saturated heterocycles. The monoisotopic (exact) mass is 257 g/mol. The van der Waals surface area contributed by atoms with E-state index in [4.69, 9.17) is 5.11 Å². The van der Waals surface area contributed by atoms with Crippen molar-refractivity contribution in [1.82, 2.24) is 4.98 Å². The summed E-state index contributed by atoms with van der Waals surface area (Å²) in [5.41, 5.74) is 0.822. The smallest absolute Gasteiger partial charge is 0.306 e. The third kappa shape index (κ3) is 3.10. The number of rotatable bonds is 4. The van der Waals surface area contributed by atoms with Gasteiger partial charge in [-0.1, -0.05) is 6.92 Å². The maximum atomic E-state index is 10.8. The van der Waals surface area contributed by atoms with Crippen LogP contribution in [0.2, 0.25) is 0 Å². The normalized spacial score (nSPS) is 12.4. The molecule has 1 aromatic rings. The number of pyridine rings is 1. The van der Waals surface area contributed by atoms with Gasteiger partial charge in [-0.3, -0.25) is 9.78 Å². The second-order valence-electron chi connectivity index (χ2n) is 3.12. The minimum absolute atomic E-state index is 0.330. The molecule has 0 aliphatic heterocycles. The van der Waals surface area contributed by atoms with Crippen LogP contribution in [0.15, 0.2) is 22.8 Å². The van der Waals surface area contributed by atoms with Crippen molar-refractivity contribution in [3.63, 3.8) is 0 Å². The molecule has 1 rings (SSSR count). The van der Waals surface area contributed by atoms with E-state index >= 15 is 0 Å². The molecule has 4 heteroatoms. The highest BCUT2D eigenvalue weighted by Gasteiger charge is 2.15. The zero-order valence-corrected chi connectivity index (χ0v) is 9.49. The van der Waals surface area contributed by atoms with Gasteiger partial charge in [0.1, 0.15) is 0 Å². The summed E-state index contributed by atoms with van der Waals surface area (Å²) in [5.74, 6) is -1.08. The molecule has 0 aromatic carbocycles. The lowest BCUT2D eigenvalue weighted by Gasteiger charge is -2.08. The fourth-order valence-electron chi connectivity index (χ4n) is 1.19. The first-order chi connectivity index (χ1) is 6.63. The van der Waals surface area contributed by atoms with Crippen LogP contribution in [0.4, 0.5) is 0 Å². The molecule has 0 spiro atoms. The maximum Gasteiger partial charge on any atom is 0.306 e. The molecule has 1 unspecified atom stereocenters. The van der Waals surface area contributed by atoms with Crippen molar-refractivity contribution in [2.24, 2.45) is 5.92 Å². The topological polar surface area (TPSA) is 50.2 Å². The first-order valence-corrected chi connectivity index (χ1v) is 5.26. The van der Waals surface area contributed by atoms with E-state index in [-0.39, 0.29) is 5.92 Å². The predicted molar refractivity (Wildman–Crippen MR) is 57.1 cm³/mol. The Labute approximate surface area is 91.3 Å². The summed E-state index contributed by atoms with van der Waals surface area (Å²) >= 11 is 3.28. The quantitative estimate of drug-likeness (QED) is 0.902. The van der Waals surface area contributed by atoms with Gasteiger partial charge in [-0.2, -0.15) is 0 Å². The molecular weight excluding hydrogens is 246 g/mol. The van der Waals surface area contributed by atoms with Crippen LogP contribution in [0, 0.1) is 5.92 Å². The Morgan fingerprint density at radius 3 is 2.79 bits per heavy atom. The second kappa shape index (κ2) is 5.10. The van der Waals surface area contributed by atoms with Gasteiger partial charge < -0.3 is 5.11 Å². The fourth-order valence-corrected chi connectivity index (χ4v) is 1.42. The molecule has 1 aromatic heterocycles. The van der Waals surface area contributed by atoms with E-state index < -0.39 is 5.97 Å². The average Bonchev–Trinajstić information content (AvgIpc) is 2.16. The summed E-state index contributed by atoms with van der Waals surface area (Å²) in [5, 5.41) is 8.85. The lowest BCUT2D eigenvalue weighted by Crippen LogP contribution is -2.15. The molecule has 14 heavy (non-hydrogen) atoms. The molecule has 3 nitrogen and oxygen atoms in total. The lowest BCUT2D eigenvalue weighted by molar-refractivity contribution is -0.141. The van der Waals surface area contributed by atoms with Crippen LogP contribution in [0.3, 0.4) is 0 Å². The SMILES string of the molecule is CCC(Cc1ccc(Br)cn1)C(=O)O. The van der Waals surface area contributed by atoms with Crippen molar-refractivity contribution >= 4 is 21.9 Å².